The molecule has 1 aliphatic heterocycles. The molecule has 0 spiro atoms. The average molecular weight is 370 g/mol. The molecule has 0 saturated carbocycles. The monoisotopic (exact) mass is 370 g/mol. The smallest absolute Gasteiger partial charge is 0.251 e. The van der Waals surface area contributed by atoms with E-state index >= 15 is 0 Å². The number of piperazine rings is 1. The molecule has 1 saturated heterocycles. The van der Waals surface area contributed by atoms with Crippen LogP contribution in [0.2, 0.25) is 0 Å². The van der Waals surface area contributed by atoms with Crippen LogP contribution in [0.1, 0.15) is 30.3 Å². The van der Waals surface area contributed by atoms with Crippen LogP contribution in [0.4, 0.5) is 0 Å². The quantitative estimate of drug-likeness (QED) is 0.806. The van der Waals surface area contributed by atoms with E-state index in [0.29, 0.717) is 19.5 Å². The Morgan fingerprint density at radius 3 is 2.52 bits per heavy atom. The Balaban J connectivity index is 1.52. The zero-order chi connectivity index (χ0) is 19.2. The number of hydrogen-bond donors (Lipinski definition) is 1. The van der Waals surface area contributed by atoms with Gasteiger partial charge in [0.15, 0.2) is 0 Å². The van der Waals surface area contributed by atoms with Crippen molar-refractivity contribution in [2.24, 2.45) is 0 Å². The predicted molar refractivity (Wildman–Crippen MR) is 106 cm³/mol. The van der Waals surface area contributed by atoms with Crippen molar-refractivity contribution in [2.45, 2.75) is 39.3 Å². The number of aryl methyl sites for hydroxylation is 1. The number of carbonyl (C=O) groups excluding carboxylic acids is 1. The molecule has 27 heavy (non-hydrogen) atoms. The average Bonchev–Trinajstić information content (AvgIpc) is 3.06. The maximum atomic E-state index is 12.1. The van der Waals surface area contributed by atoms with Crippen molar-refractivity contribution in [3.63, 3.8) is 0 Å². The van der Waals surface area contributed by atoms with E-state index in [2.05, 4.69) is 45.6 Å². The molecule has 1 atom stereocenters. The van der Waals surface area contributed by atoms with Crippen LogP contribution in [-0.4, -0.2) is 69.2 Å². The molecule has 2 aromatic rings. The second kappa shape index (κ2) is 9.15. The minimum Gasteiger partial charge on any atom is -0.383 e. The Morgan fingerprint density at radius 2 is 1.85 bits per heavy atom. The van der Waals surface area contributed by atoms with Gasteiger partial charge in [0.1, 0.15) is 6.10 Å². The third-order valence-electron chi connectivity index (χ3n) is 5.38. The Bertz CT molecular complexity index is 736. The largest absolute Gasteiger partial charge is 0.383 e. The van der Waals surface area contributed by atoms with E-state index in [1.165, 1.54) is 11.3 Å². The molecule has 2 heterocycles. The molecule has 1 amide bonds. The molecule has 0 aliphatic carbocycles. The fraction of sp³-hybridized carbons (Fsp3) is 0.524. The Labute approximate surface area is 161 Å². The van der Waals surface area contributed by atoms with Crippen LogP contribution in [0.25, 0.3) is 0 Å². The zero-order valence-electron chi connectivity index (χ0n) is 16.3. The van der Waals surface area contributed by atoms with E-state index in [9.17, 15) is 9.90 Å². The lowest BCUT2D eigenvalue weighted by molar-refractivity contribution is -0.142. The van der Waals surface area contributed by atoms with E-state index in [1.54, 1.807) is 4.90 Å². The lowest BCUT2D eigenvalue weighted by atomic mass is 10.1. The van der Waals surface area contributed by atoms with Crippen LogP contribution in [0, 0.1) is 6.92 Å². The first-order valence-electron chi connectivity index (χ1n) is 9.82. The van der Waals surface area contributed by atoms with Crippen LogP contribution >= 0.6 is 0 Å². The second-order valence-corrected chi connectivity index (χ2v) is 7.22. The van der Waals surface area contributed by atoms with Crippen molar-refractivity contribution in [1.29, 1.82) is 0 Å². The third kappa shape index (κ3) is 4.96. The van der Waals surface area contributed by atoms with Gasteiger partial charge in [-0.25, -0.2) is 4.98 Å². The van der Waals surface area contributed by atoms with Crippen LogP contribution in [0.5, 0.6) is 0 Å². The first kappa shape index (κ1) is 19.6. The van der Waals surface area contributed by atoms with E-state index in [0.717, 1.165) is 38.3 Å². The standard InChI is InChI=1S/C21H30N4O2/c1-3-20(26)21(27)24-12-9-23(10-13-24)11-14-25-16-22-17(2)19(25)15-18-7-5-4-6-8-18/h4-8,16,20,26H,3,9-15H2,1-2H3. The van der Waals surface area contributed by atoms with Gasteiger partial charge >= 0.3 is 0 Å². The summed E-state index contributed by atoms with van der Waals surface area (Å²) >= 11 is 0. The van der Waals surface area contributed by atoms with E-state index < -0.39 is 6.10 Å². The number of nitrogens with zero attached hydrogens (tertiary/aromatic N) is 4. The molecular weight excluding hydrogens is 340 g/mol. The van der Waals surface area contributed by atoms with Gasteiger partial charge in [0, 0.05) is 51.4 Å². The Kier molecular flexibility index (Phi) is 6.63. The van der Waals surface area contributed by atoms with Gasteiger partial charge in [-0.3, -0.25) is 9.69 Å². The van der Waals surface area contributed by atoms with Gasteiger partial charge in [-0.15, -0.1) is 0 Å². The normalized spacial score (nSPS) is 16.5. The highest BCUT2D eigenvalue weighted by atomic mass is 16.3. The molecule has 146 valence electrons. The van der Waals surface area contributed by atoms with Crippen molar-refractivity contribution >= 4 is 5.91 Å². The number of carbonyl (C=O) groups is 1. The molecule has 6 nitrogen and oxygen atoms in total. The van der Waals surface area contributed by atoms with Gasteiger partial charge in [0.2, 0.25) is 0 Å². The Hall–Kier alpha value is -2.18. The lowest BCUT2D eigenvalue weighted by Gasteiger charge is -2.35. The van der Waals surface area contributed by atoms with Gasteiger partial charge in [-0.2, -0.15) is 0 Å². The maximum absolute atomic E-state index is 12.1. The van der Waals surface area contributed by atoms with Gasteiger partial charge in [0.25, 0.3) is 5.91 Å². The van der Waals surface area contributed by atoms with Gasteiger partial charge in [0.05, 0.1) is 12.0 Å². The highest BCUT2D eigenvalue weighted by Gasteiger charge is 2.25. The molecule has 1 fully saturated rings. The molecule has 1 aliphatic rings. The van der Waals surface area contributed by atoms with Gasteiger partial charge in [-0.05, 0) is 18.9 Å². The molecular formula is C21H30N4O2. The SMILES string of the molecule is CCC(O)C(=O)N1CCN(CCn2cnc(C)c2Cc2ccccc2)CC1. The first-order chi connectivity index (χ1) is 13.1. The van der Waals surface area contributed by atoms with Crippen molar-refractivity contribution in [3.05, 3.63) is 53.6 Å². The molecule has 3 rings (SSSR count). The summed E-state index contributed by atoms with van der Waals surface area (Å²) in [4.78, 5) is 20.7. The van der Waals surface area contributed by atoms with Crippen molar-refractivity contribution in [3.8, 4) is 0 Å². The summed E-state index contributed by atoms with van der Waals surface area (Å²) in [6.45, 7) is 8.82. The Morgan fingerprint density at radius 1 is 1.15 bits per heavy atom. The van der Waals surface area contributed by atoms with Crippen LogP contribution in [0.15, 0.2) is 36.7 Å². The third-order valence-corrected chi connectivity index (χ3v) is 5.38. The van der Waals surface area contributed by atoms with Crippen LogP contribution < -0.4 is 0 Å². The minimum absolute atomic E-state index is 0.132. The fourth-order valence-electron chi connectivity index (χ4n) is 3.55. The number of aliphatic hydroxyl groups is 1. The summed E-state index contributed by atoms with van der Waals surface area (Å²) in [5.74, 6) is -0.132. The van der Waals surface area contributed by atoms with E-state index in [1.807, 2.05) is 19.3 Å². The second-order valence-electron chi connectivity index (χ2n) is 7.22. The number of hydrogen-bond acceptors (Lipinski definition) is 4. The number of imidazole rings is 1. The summed E-state index contributed by atoms with van der Waals surface area (Å²) in [6, 6.07) is 10.5. The predicted octanol–water partition coefficient (Wildman–Crippen LogP) is 1.70. The highest BCUT2D eigenvalue weighted by Crippen LogP contribution is 2.14. The summed E-state index contributed by atoms with van der Waals surface area (Å²) < 4.78 is 2.25. The lowest BCUT2D eigenvalue weighted by Crippen LogP contribution is -2.51. The van der Waals surface area contributed by atoms with E-state index in [4.69, 9.17) is 0 Å². The summed E-state index contributed by atoms with van der Waals surface area (Å²) in [5, 5.41) is 9.74. The number of rotatable bonds is 7. The molecule has 1 N–H and O–H groups in total. The van der Waals surface area contributed by atoms with Crippen LogP contribution in [-0.2, 0) is 17.8 Å². The first-order valence-corrected chi connectivity index (χ1v) is 9.82. The topological polar surface area (TPSA) is 61.6 Å². The van der Waals surface area contributed by atoms with Gasteiger partial charge in [-0.1, -0.05) is 37.3 Å². The summed E-state index contributed by atoms with van der Waals surface area (Å²) in [7, 11) is 0. The number of amides is 1. The molecule has 0 radical (unpaired) electrons. The maximum Gasteiger partial charge on any atom is 0.251 e. The minimum atomic E-state index is -0.856. The fourth-order valence-corrected chi connectivity index (χ4v) is 3.55. The number of aliphatic hydroxyl groups excluding tert-OH is 1. The van der Waals surface area contributed by atoms with E-state index in [-0.39, 0.29) is 5.91 Å². The van der Waals surface area contributed by atoms with Crippen LogP contribution in [0.3, 0.4) is 0 Å². The summed E-state index contributed by atoms with van der Waals surface area (Å²) in [6.07, 6.45) is 2.45. The molecule has 0 bridgehead atoms. The molecule has 1 unspecified atom stereocenters. The van der Waals surface area contributed by atoms with Crippen molar-refractivity contribution < 1.29 is 9.90 Å². The zero-order valence-corrected chi connectivity index (χ0v) is 16.3. The van der Waals surface area contributed by atoms with Crippen molar-refractivity contribution in [1.82, 2.24) is 19.4 Å². The molecule has 6 heteroatoms. The molecule has 1 aromatic carbocycles. The number of benzene rings is 1. The molecule has 1 aromatic heterocycles. The van der Waals surface area contributed by atoms with Gasteiger partial charge < -0.3 is 14.6 Å². The van der Waals surface area contributed by atoms with Crippen molar-refractivity contribution in [2.75, 3.05) is 32.7 Å². The summed E-state index contributed by atoms with van der Waals surface area (Å²) in [5.41, 5.74) is 3.65. The number of aromatic nitrogens is 2. The highest BCUT2D eigenvalue weighted by molar-refractivity contribution is 5.80.